The van der Waals surface area contributed by atoms with Crippen molar-refractivity contribution in [2.24, 2.45) is 0 Å². The maximum Gasteiger partial charge on any atom is 0.312 e. The molecule has 1 aromatic carbocycles. The first-order chi connectivity index (χ1) is 11.0. The molecule has 0 aliphatic rings. The number of hydrogen-bond acceptors (Lipinski definition) is 6. The molecule has 0 radical (unpaired) electrons. The summed E-state index contributed by atoms with van der Waals surface area (Å²) in [4.78, 5) is 10.6. The molecule has 0 saturated heterocycles. The first-order valence-corrected chi connectivity index (χ1v) is 7.51. The molecule has 118 valence electrons. The van der Waals surface area contributed by atoms with Gasteiger partial charge in [0.15, 0.2) is 0 Å². The van der Waals surface area contributed by atoms with Crippen molar-refractivity contribution in [1.29, 1.82) is 0 Å². The molecule has 0 spiro atoms. The van der Waals surface area contributed by atoms with Gasteiger partial charge in [-0.05, 0) is 38.1 Å². The Balaban J connectivity index is 1.86. The standard InChI is InChI=1S/C14H12BrN5O3/c1-8-13(20(21)22)9(2)19(18-8)7-12-16-17-14(23-12)10-3-5-11(15)6-4-10/h3-6H,7H2,1-2H3. The highest BCUT2D eigenvalue weighted by Crippen LogP contribution is 2.24. The molecule has 0 saturated carbocycles. The van der Waals surface area contributed by atoms with E-state index in [2.05, 4.69) is 31.2 Å². The van der Waals surface area contributed by atoms with Crippen molar-refractivity contribution in [2.45, 2.75) is 20.4 Å². The van der Waals surface area contributed by atoms with Crippen LogP contribution in [0.2, 0.25) is 0 Å². The third-order valence-electron chi connectivity index (χ3n) is 3.37. The summed E-state index contributed by atoms with van der Waals surface area (Å²) in [5, 5.41) is 23.2. The minimum Gasteiger partial charge on any atom is -0.419 e. The molecule has 3 aromatic rings. The van der Waals surface area contributed by atoms with Gasteiger partial charge in [0.2, 0.25) is 11.8 Å². The van der Waals surface area contributed by atoms with Crippen molar-refractivity contribution in [3.05, 3.63) is 56.1 Å². The second kappa shape index (κ2) is 5.92. The molecule has 0 fully saturated rings. The highest BCUT2D eigenvalue weighted by atomic mass is 79.9. The van der Waals surface area contributed by atoms with Crippen LogP contribution in [0.15, 0.2) is 33.2 Å². The summed E-state index contributed by atoms with van der Waals surface area (Å²) in [6.07, 6.45) is 0. The van der Waals surface area contributed by atoms with E-state index < -0.39 is 4.92 Å². The molecule has 0 aliphatic heterocycles. The van der Waals surface area contributed by atoms with Gasteiger partial charge in [0.25, 0.3) is 0 Å². The van der Waals surface area contributed by atoms with Crippen LogP contribution in [0.1, 0.15) is 17.3 Å². The molecule has 9 heteroatoms. The van der Waals surface area contributed by atoms with Crippen molar-refractivity contribution in [3.8, 4) is 11.5 Å². The van der Waals surface area contributed by atoms with Gasteiger partial charge in [-0.15, -0.1) is 10.2 Å². The zero-order valence-corrected chi connectivity index (χ0v) is 13.9. The number of nitro groups is 1. The van der Waals surface area contributed by atoms with E-state index in [0.717, 1.165) is 10.0 Å². The molecular formula is C14H12BrN5O3. The fraction of sp³-hybridized carbons (Fsp3) is 0.214. The van der Waals surface area contributed by atoms with Gasteiger partial charge >= 0.3 is 5.69 Å². The minimum atomic E-state index is -0.435. The number of rotatable bonds is 4. The first kappa shape index (κ1) is 15.3. The number of aryl methyl sites for hydroxylation is 1. The Morgan fingerprint density at radius 2 is 1.96 bits per heavy atom. The number of hydrogen-bond donors (Lipinski definition) is 0. The second-order valence-electron chi connectivity index (χ2n) is 4.94. The lowest BCUT2D eigenvalue weighted by Gasteiger charge is -1.99. The maximum atomic E-state index is 11.0. The third kappa shape index (κ3) is 3.00. The van der Waals surface area contributed by atoms with Gasteiger partial charge in [-0.2, -0.15) is 5.10 Å². The molecule has 2 heterocycles. The average molecular weight is 378 g/mol. The Kier molecular flexibility index (Phi) is 3.95. The van der Waals surface area contributed by atoms with Crippen LogP contribution in [0, 0.1) is 24.0 Å². The molecule has 0 aliphatic carbocycles. The number of aromatic nitrogens is 4. The number of benzene rings is 1. The summed E-state index contributed by atoms with van der Waals surface area (Å²) in [5.74, 6) is 0.729. The van der Waals surface area contributed by atoms with Crippen molar-refractivity contribution in [2.75, 3.05) is 0 Å². The summed E-state index contributed by atoms with van der Waals surface area (Å²) in [7, 11) is 0. The molecule has 2 aromatic heterocycles. The van der Waals surface area contributed by atoms with Gasteiger partial charge in [0.05, 0.1) is 4.92 Å². The summed E-state index contributed by atoms with van der Waals surface area (Å²) >= 11 is 3.36. The molecule has 0 atom stereocenters. The van der Waals surface area contributed by atoms with Crippen molar-refractivity contribution < 1.29 is 9.34 Å². The molecule has 0 amide bonds. The van der Waals surface area contributed by atoms with Gasteiger partial charge in [-0.25, -0.2) is 0 Å². The van der Waals surface area contributed by atoms with Crippen LogP contribution in [-0.4, -0.2) is 24.9 Å². The fourth-order valence-electron chi connectivity index (χ4n) is 2.26. The number of halogens is 1. The van der Waals surface area contributed by atoms with Gasteiger partial charge in [-0.1, -0.05) is 15.9 Å². The molecule has 0 unspecified atom stereocenters. The summed E-state index contributed by atoms with van der Waals surface area (Å²) in [6, 6.07) is 7.47. The smallest absolute Gasteiger partial charge is 0.312 e. The lowest BCUT2D eigenvalue weighted by atomic mass is 10.2. The van der Waals surface area contributed by atoms with E-state index >= 15 is 0 Å². The van der Waals surface area contributed by atoms with Gasteiger partial charge < -0.3 is 4.42 Å². The van der Waals surface area contributed by atoms with E-state index in [9.17, 15) is 10.1 Å². The molecule has 8 nitrogen and oxygen atoms in total. The lowest BCUT2D eigenvalue weighted by Crippen LogP contribution is -2.04. The Hall–Kier alpha value is -2.55. The summed E-state index contributed by atoms with van der Waals surface area (Å²) in [6.45, 7) is 3.43. The van der Waals surface area contributed by atoms with Crippen LogP contribution in [-0.2, 0) is 6.54 Å². The SMILES string of the molecule is Cc1nn(Cc2nnc(-c3ccc(Br)cc3)o2)c(C)c1[N+](=O)[O-]. The van der Waals surface area contributed by atoms with E-state index in [1.165, 1.54) is 4.68 Å². The molecule has 0 bridgehead atoms. The molecule has 3 rings (SSSR count). The quantitative estimate of drug-likeness (QED) is 0.510. The predicted molar refractivity (Wildman–Crippen MR) is 84.9 cm³/mol. The zero-order valence-electron chi connectivity index (χ0n) is 12.4. The number of nitrogens with zero attached hydrogens (tertiary/aromatic N) is 5. The Bertz CT molecular complexity index is 869. The highest BCUT2D eigenvalue weighted by molar-refractivity contribution is 9.10. The van der Waals surface area contributed by atoms with Crippen molar-refractivity contribution >= 4 is 21.6 Å². The summed E-state index contributed by atoms with van der Waals surface area (Å²) < 4.78 is 8.06. The monoisotopic (exact) mass is 377 g/mol. The molecule has 0 N–H and O–H groups in total. The predicted octanol–water partition coefficient (Wildman–Crippen LogP) is 3.27. The Labute approximate surface area is 139 Å². The lowest BCUT2D eigenvalue weighted by molar-refractivity contribution is -0.386. The summed E-state index contributed by atoms with van der Waals surface area (Å²) in [5.41, 5.74) is 1.62. The van der Waals surface area contributed by atoms with Gasteiger partial charge in [0, 0.05) is 10.0 Å². The topological polar surface area (TPSA) is 99.9 Å². The van der Waals surface area contributed by atoms with Crippen LogP contribution >= 0.6 is 15.9 Å². The minimum absolute atomic E-state index is 0.0117. The van der Waals surface area contributed by atoms with Crippen molar-refractivity contribution in [1.82, 2.24) is 20.0 Å². The van der Waals surface area contributed by atoms with E-state index in [1.54, 1.807) is 13.8 Å². The van der Waals surface area contributed by atoms with E-state index in [0.29, 0.717) is 23.2 Å². The second-order valence-corrected chi connectivity index (χ2v) is 5.86. The maximum absolute atomic E-state index is 11.0. The highest BCUT2D eigenvalue weighted by Gasteiger charge is 2.22. The van der Waals surface area contributed by atoms with E-state index in [4.69, 9.17) is 4.42 Å². The Morgan fingerprint density at radius 3 is 2.57 bits per heavy atom. The first-order valence-electron chi connectivity index (χ1n) is 6.72. The van der Waals surface area contributed by atoms with Gasteiger partial charge in [-0.3, -0.25) is 14.8 Å². The van der Waals surface area contributed by atoms with Gasteiger partial charge in [0.1, 0.15) is 17.9 Å². The van der Waals surface area contributed by atoms with Crippen LogP contribution in [0.3, 0.4) is 0 Å². The molecular weight excluding hydrogens is 366 g/mol. The van der Waals surface area contributed by atoms with E-state index in [1.807, 2.05) is 24.3 Å². The largest absolute Gasteiger partial charge is 0.419 e. The van der Waals surface area contributed by atoms with Crippen LogP contribution in [0.4, 0.5) is 5.69 Å². The van der Waals surface area contributed by atoms with Crippen LogP contribution < -0.4 is 0 Å². The zero-order chi connectivity index (χ0) is 16.6. The van der Waals surface area contributed by atoms with Crippen LogP contribution in [0.5, 0.6) is 0 Å². The third-order valence-corrected chi connectivity index (χ3v) is 3.90. The normalized spacial score (nSPS) is 10.9. The Morgan fingerprint density at radius 1 is 1.26 bits per heavy atom. The average Bonchev–Trinajstić information content (AvgIpc) is 3.05. The van der Waals surface area contributed by atoms with E-state index in [-0.39, 0.29) is 12.2 Å². The van der Waals surface area contributed by atoms with Crippen LogP contribution in [0.25, 0.3) is 11.5 Å². The molecule has 23 heavy (non-hydrogen) atoms. The fourth-order valence-corrected chi connectivity index (χ4v) is 2.52. The van der Waals surface area contributed by atoms with Crippen molar-refractivity contribution in [3.63, 3.8) is 0 Å².